The van der Waals surface area contributed by atoms with Gasteiger partial charge in [-0.05, 0) is 55.5 Å². The molecule has 3 nitrogen and oxygen atoms in total. The van der Waals surface area contributed by atoms with Crippen molar-refractivity contribution in [1.29, 1.82) is 0 Å². The lowest BCUT2D eigenvalue weighted by Gasteiger charge is -2.12. The van der Waals surface area contributed by atoms with Crippen LogP contribution in [0.2, 0.25) is 0 Å². The molecule has 0 aliphatic heterocycles. The van der Waals surface area contributed by atoms with E-state index in [2.05, 4.69) is 5.32 Å². The Kier molecular flexibility index (Phi) is 4.22. The monoisotopic (exact) mass is 275 g/mol. The maximum Gasteiger partial charge on any atom is 0.266 e. The van der Waals surface area contributed by atoms with E-state index >= 15 is 0 Å². The molecule has 0 aliphatic carbocycles. The van der Waals surface area contributed by atoms with E-state index in [1.165, 1.54) is 11.3 Å². The summed E-state index contributed by atoms with van der Waals surface area (Å²) >= 11 is 1.45. The number of hydrogen-bond donors (Lipinski definition) is 1. The molecule has 0 aliphatic rings. The predicted octanol–water partition coefficient (Wildman–Crippen LogP) is 4.02. The molecule has 0 spiro atoms. The molecule has 100 valence electrons. The minimum atomic E-state index is -0.0858. The molecule has 1 aromatic heterocycles. The van der Waals surface area contributed by atoms with Crippen LogP contribution in [0.1, 0.15) is 27.7 Å². The van der Waals surface area contributed by atoms with E-state index in [4.69, 9.17) is 4.74 Å². The van der Waals surface area contributed by atoms with E-state index in [1.54, 1.807) is 0 Å². The third-order valence-corrected chi connectivity index (χ3v) is 3.77. The van der Waals surface area contributed by atoms with Crippen LogP contribution in [0, 0.1) is 13.8 Å². The van der Waals surface area contributed by atoms with Crippen LogP contribution in [0.15, 0.2) is 29.6 Å². The van der Waals surface area contributed by atoms with Crippen LogP contribution in [0.25, 0.3) is 0 Å². The standard InChI is InChI=1S/C15H17NO2S/c1-4-18-13-9-10(2)5-6-12(13)16-15(17)14-11(3)7-8-19-14/h5-9H,4H2,1-3H3,(H,16,17). The first-order chi connectivity index (χ1) is 9.11. The Morgan fingerprint density at radius 1 is 1.32 bits per heavy atom. The lowest BCUT2D eigenvalue weighted by atomic mass is 10.2. The number of aryl methyl sites for hydroxylation is 2. The molecule has 1 aromatic carbocycles. The van der Waals surface area contributed by atoms with Gasteiger partial charge in [0.1, 0.15) is 5.75 Å². The predicted molar refractivity (Wildman–Crippen MR) is 79.4 cm³/mol. The Bertz CT molecular complexity index is 590. The van der Waals surface area contributed by atoms with Crippen LogP contribution >= 0.6 is 11.3 Å². The summed E-state index contributed by atoms with van der Waals surface area (Å²) in [6, 6.07) is 7.71. The van der Waals surface area contributed by atoms with Crippen molar-refractivity contribution in [3.8, 4) is 5.75 Å². The first-order valence-corrected chi connectivity index (χ1v) is 7.08. The highest BCUT2D eigenvalue weighted by Gasteiger charge is 2.13. The molecule has 2 rings (SSSR count). The Morgan fingerprint density at radius 3 is 2.74 bits per heavy atom. The van der Waals surface area contributed by atoms with E-state index in [1.807, 2.05) is 50.4 Å². The van der Waals surface area contributed by atoms with Crippen molar-refractivity contribution in [2.45, 2.75) is 20.8 Å². The van der Waals surface area contributed by atoms with Crippen molar-refractivity contribution in [2.75, 3.05) is 11.9 Å². The molecular formula is C15H17NO2S. The van der Waals surface area contributed by atoms with Gasteiger partial charge in [0.2, 0.25) is 0 Å². The van der Waals surface area contributed by atoms with Crippen molar-refractivity contribution in [1.82, 2.24) is 0 Å². The number of rotatable bonds is 4. The lowest BCUT2D eigenvalue weighted by Crippen LogP contribution is -2.12. The van der Waals surface area contributed by atoms with E-state index in [0.717, 1.165) is 16.0 Å². The molecule has 1 heterocycles. The normalized spacial score (nSPS) is 10.3. The topological polar surface area (TPSA) is 38.3 Å². The average molecular weight is 275 g/mol. The van der Waals surface area contributed by atoms with Gasteiger partial charge in [-0.25, -0.2) is 0 Å². The number of carbonyl (C=O) groups excluding carboxylic acids is 1. The van der Waals surface area contributed by atoms with E-state index in [9.17, 15) is 4.79 Å². The average Bonchev–Trinajstić information content (AvgIpc) is 2.79. The number of amides is 1. The number of hydrogen-bond acceptors (Lipinski definition) is 3. The Balaban J connectivity index is 2.23. The summed E-state index contributed by atoms with van der Waals surface area (Å²) < 4.78 is 5.55. The second-order valence-corrected chi connectivity index (χ2v) is 5.24. The zero-order chi connectivity index (χ0) is 13.8. The zero-order valence-corrected chi connectivity index (χ0v) is 12.1. The number of thiophene rings is 1. The van der Waals surface area contributed by atoms with Gasteiger partial charge in [-0.1, -0.05) is 6.07 Å². The Labute approximate surface area is 117 Å². The third-order valence-electron chi connectivity index (χ3n) is 2.75. The third kappa shape index (κ3) is 3.15. The smallest absolute Gasteiger partial charge is 0.266 e. The van der Waals surface area contributed by atoms with Crippen molar-refractivity contribution >= 4 is 22.9 Å². The molecule has 19 heavy (non-hydrogen) atoms. The molecule has 0 unspecified atom stereocenters. The minimum Gasteiger partial charge on any atom is -0.492 e. The van der Waals surface area contributed by atoms with Gasteiger partial charge in [0.25, 0.3) is 5.91 Å². The molecule has 0 saturated heterocycles. The van der Waals surface area contributed by atoms with E-state index in [-0.39, 0.29) is 5.91 Å². The summed E-state index contributed by atoms with van der Waals surface area (Å²) in [4.78, 5) is 12.9. The van der Waals surface area contributed by atoms with Crippen molar-refractivity contribution < 1.29 is 9.53 Å². The highest BCUT2D eigenvalue weighted by atomic mass is 32.1. The molecular weight excluding hydrogens is 258 g/mol. The highest BCUT2D eigenvalue weighted by molar-refractivity contribution is 7.12. The van der Waals surface area contributed by atoms with Gasteiger partial charge in [-0.2, -0.15) is 0 Å². The van der Waals surface area contributed by atoms with Crippen molar-refractivity contribution in [2.24, 2.45) is 0 Å². The summed E-state index contributed by atoms with van der Waals surface area (Å²) in [7, 11) is 0. The number of ether oxygens (including phenoxy) is 1. The van der Waals surface area contributed by atoms with Gasteiger partial charge in [0.15, 0.2) is 0 Å². The van der Waals surface area contributed by atoms with Crippen LogP contribution in [-0.2, 0) is 0 Å². The molecule has 0 saturated carbocycles. The summed E-state index contributed by atoms with van der Waals surface area (Å²) in [5, 5.41) is 4.83. The van der Waals surface area contributed by atoms with Crippen LogP contribution < -0.4 is 10.1 Å². The van der Waals surface area contributed by atoms with Gasteiger partial charge in [-0.15, -0.1) is 11.3 Å². The first-order valence-electron chi connectivity index (χ1n) is 6.20. The Morgan fingerprint density at radius 2 is 2.11 bits per heavy atom. The summed E-state index contributed by atoms with van der Waals surface area (Å²) in [5.41, 5.74) is 2.81. The number of carbonyl (C=O) groups is 1. The van der Waals surface area contributed by atoms with Gasteiger partial charge >= 0.3 is 0 Å². The number of anilines is 1. The van der Waals surface area contributed by atoms with Crippen molar-refractivity contribution in [3.05, 3.63) is 45.6 Å². The number of nitrogens with one attached hydrogen (secondary N) is 1. The quantitative estimate of drug-likeness (QED) is 0.915. The first kappa shape index (κ1) is 13.6. The molecule has 2 aromatic rings. The van der Waals surface area contributed by atoms with Gasteiger partial charge < -0.3 is 10.1 Å². The molecule has 0 radical (unpaired) electrons. The maximum absolute atomic E-state index is 12.2. The van der Waals surface area contributed by atoms with Gasteiger partial charge in [0, 0.05) is 0 Å². The lowest BCUT2D eigenvalue weighted by molar-refractivity contribution is 0.102. The fourth-order valence-corrected chi connectivity index (χ4v) is 2.61. The second-order valence-electron chi connectivity index (χ2n) is 4.32. The molecule has 0 atom stereocenters. The molecule has 1 N–H and O–H groups in total. The van der Waals surface area contributed by atoms with E-state index in [0.29, 0.717) is 18.0 Å². The van der Waals surface area contributed by atoms with Crippen LogP contribution in [-0.4, -0.2) is 12.5 Å². The maximum atomic E-state index is 12.2. The van der Waals surface area contributed by atoms with Crippen LogP contribution in [0.4, 0.5) is 5.69 Å². The largest absolute Gasteiger partial charge is 0.492 e. The SMILES string of the molecule is CCOc1cc(C)ccc1NC(=O)c1sccc1C. The number of benzene rings is 1. The molecule has 4 heteroatoms. The summed E-state index contributed by atoms with van der Waals surface area (Å²) in [6.07, 6.45) is 0. The molecule has 0 bridgehead atoms. The highest BCUT2D eigenvalue weighted by Crippen LogP contribution is 2.27. The fraction of sp³-hybridized carbons (Fsp3) is 0.267. The van der Waals surface area contributed by atoms with Gasteiger partial charge in [0.05, 0.1) is 17.2 Å². The summed E-state index contributed by atoms with van der Waals surface area (Å²) in [5.74, 6) is 0.627. The van der Waals surface area contributed by atoms with Crippen molar-refractivity contribution in [3.63, 3.8) is 0 Å². The summed E-state index contributed by atoms with van der Waals surface area (Å²) in [6.45, 7) is 6.43. The zero-order valence-electron chi connectivity index (χ0n) is 11.3. The van der Waals surface area contributed by atoms with Gasteiger partial charge in [-0.3, -0.25) is 4.79 Å². The van der Waals surface area contributed by atoms with Crippen LogP contribution in [0.3, 0.4) is 0 Å². The molecule has 0 fully saturated rings. The van der Waals surface area contributed by atoms with E-state index < -0.39 is 0 Å². The molecule has 1 amide bonds. The second kappa shape index (κ2) is 5.89. The van der Waals surface area contributed by atoms with Crippen LogP contribution in [0.5, 0.6) is 5.75 Å². The Hall–Kier alpha value is -1.81. The minimum absolute atomic E-state index is 0.0858. The fourth-order valence-electron chi connectivity index (χ4n) is 1.79.